The van der Waals surface area contributed by atoms with Gasteiger partial charge < -0.3 is 0 Å². The van der Waals surface area contributed by atoms with Crippen LogP contribution >= 0.6 is 0 Å². The normalized spacial score (nSPS) is 10.4. The summed E-state index contributed by atoms with van der Waals surface area (Å²) in [7, 11) is 0. The molecule has 0 spiro atoms. The van der Waals surface area contributed by atoms with Crippen molar-refractivity contribution < 1.29 is 9.72 Å². The highest BCUT2D eigenvalue weighted by molar-refractivity contribution is 6.00. The summed E-state index contributed by atoms with van der Waals surface area (Å²) in [4.78, 5) is 38.6. The molecule has 3 rings (SSSR count). The van der Waals surface area contributed by atoms with E-state index in [0.29, 0.717) is 10.9 Å². The van der Waals surface area contributed by atoms with Gasteiger partial charge in [0.15, 0.2) is 0 Å². The summed E-state index contributed by atoms with van der Waals surface area (Å²) in [6, 6.07) is 12.0. The summed E-state index contributed by atoms with van der Waals surface area (Å²) in [6.45, 7) is 0. The van der Waals surface area contributed by atoms with E-state index in [1.165, 1.54) is 24.5 Å². The van der Waals surface area contributed by atoms with Crippen molar-refractivity contribution >= 4 is 22.5 Å². The zero-order chi connectivity index (χ0) is 16.4. The molecule has 0 aliphatic rings. The van der Waals surface area contributed by atoms with E-state index in [1.807, 2.05) is 0 Å². The van der Waals surface area contributed by atoms with E-state index in [0.717, 1.165) is 10.7 Å². The van der Waals surface area contributed by atoms with Gasteiger partial charge in [0.05, 0.1) is 15.8 Å². The van der Waals surface area contributed by atoms with Crippen molar-refractivity contribution in [1.82, 2.24) is 9.66 Å². The summed E-state index contributed by atoms with van der Waals surface area (Å²) < 4.78 is 0.948. The lowest BCUT2D eigenvalue weighted by Gasteiger charge is -2.08. The summed E-state index contributed by atoms with van der Waals surface area (Å²) in [5.74, 6) is -0.645. The number of carbonyl (C=O) groups is 1. The lowest BCUT2D eigenvalue weighted by Crippen LogP contribution is -2.33. The molecular weight excluding hydrogens is 300 g/mol. The predicted molar refractivity (Wildman–Crippen MR) is 82.8 cm³/mol. The van der Waals surface area contributed by atoms with E-state index >= 15 is 0 Å². The average molecular weight is 310 g/mol. The fourth-order valence-electron chi connectivity index (χ4n) is 2.08. The molecule has 1 aromatic heterocycles. The molecule has 0 saturated carbocycles. The Bertz CT molecular complexity index is 980. The Labute approximate surface area is 129 Å². The molecular formula is C15H10N4O4. The number of aromatic nitrogens is 2. The Kier molecular flexibility index (Phi) is 3.55. The van der Waals surface area contributed by atoms with Crippen molar-refractivity contribution in [1.29, 1.82) is 0 Å². The van der Waals surface area contributed by atoms with Gasteiger partial charge in [-0.2, -0.15) is 0 Å². The molecule has 0 aliphatic carbocycles. The van der Waals surface area contributed by atoms with Crippen molar-refractivity contribution in [2.75, 3.05) is 5.43 Å². The maximum absolute atomic E-state index is 12.3. The molecule has 2 aromatic carbocycles. The maximum Gasteiger partial charge on any atom is 0.280 e. The van der Waals surface area contributed by atoms with Crippen LogP contribution in [0.2, 0.25) is 0 Å². The van der Waals surface area contributed by atoms with Gasteiger partial charge in [-0.1, -0.05) is 18.2 Å². The van der Waals surface area contributed by atoms with Gasteiger partial charge in [-0.25, -0.2) is 9.66 Å². The molecule has 0 atom stereocenters. The molecule has 0 bridgehead atoms. The van der Waals surface area contributed by atoms with Crippen molar-refractivity contribution in [3.05, 3.63) is 80.9 Å². The lowest BCUT2D eigenvalue weighted by molar-refractivity contribution is -0.384. The molecule has 0 radical (unpaired) electrons. The highest BCUT2D eigenvalue weighted by atomic mass is 16.6. The lowest BCUT2D eigenvalue weighted by atomic mass is 10.2. The first kappa shape index (κ1) is 14.4. The van der Waals surface area contributed by atoms with Crippen LogP contribution in [0.1, 0.15) is 10.4 Å². The third-order valence-corrected chi connectivity index (χ3v) is 3.21. The number of para-hydroxylation sites is 1. The van der Waals surface area contributed by atoms with Crippen LogP contribution in [-0.2, 0) is 0 Å². The molecule has 0 saturated heterocycles. The third kappa shape index (κ3) is 2.77. The molecule has 8 heteroatoms. The number of hydrogen-bond donors (Lipinski definition) is 1. The fraction of sp³-hybridized carbons (Fsp3) is 0. The van der Waals surface area contributed by atoms with Crippen LogP contribution in [-0.4, -0.2) is 20.5 Å². The van der Waals surface area contributed by atoms with Crippen LogP contribution in [0, 0.1) is 10.1 Å². The molecule has 0 fully saturated rings. The number of hydrogen-bond acceptors (Lipinski definition) is 5. The first-order valence-electron chi connectivity index (χ1n) is 6.58. The van der Waals surface area contributed by atoms with Crippen LogP contribution in [0.25, 0.3) is 10.9 Å². The first-order chi connectivity index (χ1) is 11.1. The molecule has 23 heavy (non-hydrogen) atoms. The van der Waals surface area contributed by atoms with E-state index in [4.69, 9.17) is 0 Å². The number of nitro benzene ring substituents is 1. The molecule has 0 aliphatic heterocycles. The van der Waals surface area contributed by atoms with Gasteiger partial charge in [0.1, 0.15) is 6.33 Å². The molecule has 1 amide bonds. The van der Waals surface area contributed by atoms with Crippen LogP contribution in [0.15, 0.2) is 59.7 Å². The zero-order valence-electron chi connectivity index (χ0n) is 11.7. The monoisotopic (exact) mass is 310 g/mol. The number of nitrogens with zero attached hydrogens (tertiary/aromatic N) is 3. The summed E-state index contributed by atoms with van der Waals surface area (Å²) in [6.07, 6.45) is 1.19. The topological polar surface area (TPSA) is 107 Å². The van der Waals surface area contributed by atoms with E-state index in [-0.39, 0.29) is 11.3 Å². The van der Waals surface area contributed by atoms with Crippen molar-refractivity contribution in [2.45, 2.75) is 0 Å². The number of nitro groups is 1. The number of fused-ring (bicyclic) bond motifs is 1. The van der Waals surface area contributed by atoms with E-state index in [2.05, 4.69) is 10.4 Å². The molecule has 0 unspecified atom stereocenters. The van der Waals surface area contributed by atoms with Crippen molar-refractivity contribution in [3.63, 3.8) is 0 Å². The number of rotatable bonds is 3. The highest BCUT2D eigenvalue weighted by Crippen LogP contribution is 2.13. The quantitative estimate of drug-likeness (QED) is 0.585. The summed E-state index contributed by atoms with van der Waals surface area (Å²) in [5.41, 5.74) is 2.30. The fourth-order valence-corrected chi connectivity index (χ4v) is 2.08. The van der Waals surface area contributed by atoms with Gasteiger partial charge in [-0.05, 0) is 18.2 Å². The van der Waals surface area contributed by atoms with Gasteiger partial charge in [0, 0.05) is 17.7 Å². The third-order valence-electron chi connectivity index (χ3n) is 3.21. The van der Waals surface area contributed by atoms with Crippen LogP contribution in [0.3, 0.4) is 0 Å². The average Bonchev–Trinajstić information content (AvgIpc) is 2.57. The highest BCUT2D eigenvalue weighted by Gasteiger charge is 2.13. The number of nitrogens with one attached hydrogen (secondary N) is 1. The number of non-ortho nitro benzene ring substituents is 1. The van der Waals surface area contributed by atoms with Crippen LogP contribution in [0.4, 0.5) is 5.69 Å². The van der Waals surface area contributed by atoms with E-state index in [9.17, 15) is 19.7 Å². The Hall–Kier alpha value is -3.55. The SMILES string of the molecule is O=C(Nn1cnc2ccccc2c1=O)c1cccc([N+](=O)[O-])c1. The van der Waals surface area contributed by atoms with Gasteiger partial charge in [0.25, 0.3) is 17.2 Å². The second-order valence-corrected chi connectivity index (χ2v) is 4.69. The van der Waals surface area contributed by atoms with Gasteiger partial charge >= 0.3 is 0 Å². The van der Waals surface area contributed by atoms with E-state index in [1.54, 1.807) is 24.3 Å². The molecule has 114 valence electrons. The van der Waals surface area contributed by atoms with Gasteiger partial charge in [-0.3, -0.25) is 25.1 Å². The molecule has 3 aromatic rings. The Balaban J connectivity index is 1.94. The second kappa shape index (κ2) is 5.68. The van der Waals surface area contributed by atoms with Crippen LogP contribution < -0.4 is 11.0 Å². The number of amides is 1. The minimum atomic E-state index is -0.645. The Morgan fingerprint density at radius 2 is 1.96 bits per heavy atom. The summed E-state index contributed by atoms with van der Waals surface area (Å²) in [5, 5.41) is 11.1. The Morgan fingerprint density at radius 3 is 2.74 bits per heavy atom. The Morgan fingerprint density at radius 1 is 1.17 bits per heavy atom. The molecule has 8 nitrogen and oxygen atoms in total. The number of benzene rings is 2. The maximum atomic E-state index is 12.3. The zero-order valence-corrected chi connectivity index (χ0v) is 11.7. The van der Waals surface area contributed by atoms with Gasteiger partial charge in [-0.15, -0.1) is 0 Å². The minimum absolute atomic E-state index is 0.0688. The standard InChI is InChI=1S/C15H10N4O4/c20-14(10-4-3-5-11(8-10)19(22)23)17-18-9-16-13-7-2-1-6-12(13)15(18)21/h1-9H,(H,17,20). The van der Waals surface area contributed by atoms with Crippen molar-refractivity contribution in [2.24, 2.45) is 0 Å². The predicted octanol–water partition coefficient (Wildman–Crippen LogP) is 1.69. The van der Waals surface area contributed by atoms with Crippen LogP contribution in [0.5, 0.6) is 0 Å². The van der Waals surface area contributed by atoms with E-state index < -0.39 is 16.4 Å². The first-order valence-corrected chi connectivity index (χ1v) is 6.58. The second-order valence-electron chi connectivity index (χ2n) is 4.69. The molecule has 1 heterocycles. The largest absolute Gasteiger partial charge is 0.280 e. The minimum Gasteiger partial charge on any atom is -0.267 e. The smallest absolute Gasteiger partial charge is 0.267 e. The number of carbonyl (C=O) groups excluding carboxylic acids is 1. The van der Waals surface area contributed by atoms with Crippen molar-refractivity contribution in [3.8, 4) is 0 Å². The molecule has 1 N–H and O–H groups in total. The van der Waals surface area contributed by atoms with Gasteiger partial charge in [0.2, 0.25) is 0 Å². The summed E-state index contributed by atoms with van der Waals surface area (Å²) >= 11 is 0.